The van der Waals surface area contributed by atoms with E-state index >= 15 is 0 Å². The van der Waals surface area contributed by atoms with Crippen molar-refractivity contribution < 1.29 is 23.5 Å². The number of aromatic carboxylic acids is 1. The van der Waals surface area contributed by atoms with Crippen molar-refractivity contribution in [1.29, 1.82) is 0 Å². The Kier molecular flexibility index (Phi) is 4.11. The maximum absolute atomic E-state index is 11.3. The Morgan fingerprint density at radius 2 is 1.63 bits per heavy atom. The number of carboxylic acid groups (broad SMARTS) is 1. The molecule has 1 N–H and O–H groups in total. The fourth-order valence-corrected chi connectivity index (χ4v) is 2.57. The summed E-state index contributed by atoms with van der Waals surface area (Å²) in [7, 11) is 0. The molecule has 5 nitrogen and oxygen atoms in total. The summed E-state index contributed by atoms with van der Waals surface area (Å²) in [6.45, 7) is 1.48. The number of ketones is 1. The molecule has 0 radical (unpaired) electrons. The van der Waals surface area contributed by atoms with Gasteiger partial charge in [0.1, 0.15) is 17.1 Å². The van der Waals surface area contributed by atoms with Crippen molar-refractivity contribution in [2.45, 2.75) is 18.4 Å². The number of furan rings is 2. The average Bonchev–Trinajstić information content (AvgIpc) is 2.96. The highest BCUT2D eigenvalue weighted by Gasteiger charge is 2.15. The van der Waals surface area contributed by atoms with Crippen molar-refractivity contribution in [3.8, 4) is 0 Å². The van der Waals surface area contributed by atoms with Crippen LogP contribution >= 0.6 is 11.8 Å². The van der Waals surface area contributed by atoms with Crippen LogP contribution in [-0.2, 0) is 11.5 Å². The highest BCUT2D eigenvalue weighted by molar-refractivity contribution is 7.97. The number of carbonyl (C=O) groups excluding carboxylic acids is 1. The molecule has 2 heterocycles. The molecule has 0 saturated heterocycles. The number of thioether (sulfide) groups is 1. The van der Waals surface area contributed by atoms with E-state index in [0.29, 0.717) is 28.6 Å². The van der Waals surface area contributed by atoms with Crippen LogP contribution in [0.15, 0.2) is 33.5 Å². The summed E-state index contributed by atoms with van der Waals surface area (Å²) in [5, 5.41) is 8.92. The Labute approximate surface area is 113 Å². The third kappa shape index (κ3) is 3.08. The maximum Gasteiger partial charge on any atom is 0.339 e. The second kappa shape index (κ2) is 5.79. The molecule has 0 aromatic carbocycles. The van der Waals surface area contributed by atoms with Crippen molar-refractivity contribution in [1.82, 2.24) is 0 Å². The van der Waals surface area contributed by atoms with Crippen LogP contribution in [0.5, 0.6) is 0 Å². The van der Waals surface area contributed by atoms with Crippen molar-refractivity contribution >= 4 is 23.5 Å². The van der Waals surface area contributed by atoms with Gasteiger partial charge in [0.05, 0.1) is 29.6 Å². The number of carbonyl (C=O) groups is 2. The second-order valence-corrected chi connectivity index (χ2v) is 4.85. The summed E-state index contributed by atoms with van der Waals surface area (Å²) >= 11 is 1.43. The lowest BCUT2D eigenvalue weighted by Gasteiger charge is -2.00. The van der Waals surface area contributed by atoms with Crippen molar-refractivity contribution in [2.24, 2.45) is 0 Å². The molecule has 0 aliphatic heterocycles. The normalized spacial score (nSPS) is 10.6. The Bertz CT molecular complexity index is 543. The van der Waals surface area contributed by atoms with E-state index in [-0.39, 0.29) is 11.3 Å². The fourth-order valence-electron chi connectivity index (χ4n) is 1.65. The Balaban J connectivity index is 1.97. The Morgan fingerprint density at radius 3 is 2.16 bits per heavy atom. The first-order chi connectivity index (χ1) is 9.09. The number of hydrogen-bond acceptors (Lipinski definition) is 5. The lowest BCUT2D eigenvalue weighted by Crippen LogP contribution is -1.98. The fraction of sp³-hybridized carbons (Fsp3) is 0.231. The summed E-state index contributed by atoms with van der Waals surface area (Å²) in [5.74, 6) is 0.851. The topological polar surface area (TPSA) is 80.7 Å². The molecule has 6 heteroatoms. The van der Waals surface area contributed by atoms with Gasteiger partial charge in [0.2, 0.25) is 0 Å². The van der Waals surface area contributed by atoms with Crippen LogP contribution in [0.4, 0.5) is 0 Å². The average molecular weight is 280 g/mol. The summed E-state index contributed by atoms with van der Waals surface area (Å²) in [6, 6.07) is 3.06. The Morgan fingerprint density at radius 1 is 1.11 bits per heavy atom. The molecule has 0 aliphatic carbocycles. The lowest BCUT2D eigenvalue weighted by molar-refractivity contribution is 0.0694. The molecule has 2 rings (SSSR count). The minimum Gasteiger partial charge on any atom is -0.478 e. The molecule has 0 amide bonds. The number of rotatable bonds is 6. The van der Waals surface area contributed by atoms with Gasteiger partial charge in [-0.25, -0.2) is 4.79 Å². The SMILES string of the molecule is CC(=O)c1ccoc1CSCc1occc1C(=O)O. The summed E-state index contributed by atoms with van der Waals surface area (Å²) in [4.78, 5) is 22.2. The van der Waals surface area contributed by atoms with Gasteiger partial charge in [-0.2, -0.15) is 0 Å². The minimum absolute atomic E-state index is 0.0476. The molecular formula is C13H12O5S. The molecule has 0 fully saturated rings. The van der Waals surface area contributed by atoms with E-state index in [1.54, 1.807) is 6.07 Å². The number of Topliss-reactive ketones (excluding diaryl/α,β-unsaturated/α-hetero) is 1. The molecule has 2 aromatic rings. The third-order valence-corrected chi connectivity index (χ3v) is 3.50. The quantitative estimate of drug-likeness (QED) is 0.818. The first-order valence-electron chi connectivity index (χ1n) is 5.54. The van der Waals surface area contributed by atoms with Crippen LogP contribution < -0.4 is 0 Å². The molecule has 0 aliphatic rings. The third-order valence-electron chi connectivity index (χ3n) is 2.57. The van der Waals surface area contributed by atoms with Gasteiger partial charge in [-0.3, -0.25) is 4.79 Å². The van der Waals surface area contributed by atoms with E-state index < -0.39 is 5.97 Å². The highest BCUT2D eigenvalue weighted by atomic mass is 32.2. The van der Waals surface area contributed by atoms with Gasteiger partial charge in [-0.1, -0.05) is 0 Å². The van der Waals surface area contributed by atoms with Gasteiger partial charge in [-0.15, -0.1) is 11.8 Å². The largest absolute Gasteiger partial charge is 0.478 e. The number of carboxylic acids is 1. The van der Waals surface area contributed by atoms with Crippen molar-refractivity contribution in [2.75, 3.05) is 0 Å². The smallest absolute Gasteiger partial charge is 0.339 e. The molecule has 0 saturated carbocycles. The monoisotopic (exact) mass is 280 g/mol. The Hall–Kier alpha value is -1.95. The van der Waals surface area contributed by atoms with Gasteiger partial charge in [0.15, 0.2) is 5.78 Å². The van der Waals surface area contributed by atoms with Crippen LogP contribution in [0, 0.1) is 0 Å². The predicted octanol–water partition coefficient (Wildman–Crippen LogP) is 3.21. The summed E-state index contributed by atoms with van der Waals surface area (Å²) in [6.07, 6.45) is 2.83. The number of hydrogen-bond donors (Lipinski definition) is 1. The van der Waals surface area contributed by atoms with E-state index in [2.05, 4.69) is 0 Å². The van der Waals surface area contributed by atoms with Crippen molar-refractivity contribution in [3.05, 3.63) is 47.3 Å². The first-order valence-corrected chi connectivity index (χ1v) is 6.69. The molecule has 0 spiro atoms. The van der Waals surface area contributed by atoms with E-state index in [9.17, 15) is 9.59 Å². The van der Waals surface area contributed by atoms with E-state index in [1.807, 2.05) is 0 Å². The van der Waals surface area contributed by atoms with Gasteiger partial charge in [0.25, 0.3) is 0 Å². The molecule has 0 bridgehead atoms. The standard InChI is InChI=1S/C13H12O5S/c1-8(14)9-2-4-17-11(9)6-19-7-12-10(13(15)16)3-5-18-12/h2-5H,6-7H2,1H3,(H,15,16). The second-order valence-electron chi connectivity index (χ2n) is 3.87. The maximum atomic E-state index is 11.3. The molecule has 0 atom stereocenters. The zero-order chi connectivity index (χ0) is 13.8. The van der Waals surface area contributed by atoms with Gasteiger partial charge in [-0.05, 0) is 19.1 Å². The van der Waals surface area contributed by atoms with Gasteiger partial charge in [0, 0.05) is 0 Å². The van der Waals surface area contributed by atoms with Crippen LogP contribution in [0.3, 0.4) is 0 Å². The zero-order valence-corrected chi connectivity index (χ0v) is 11.0. The summed E-state index contributed by atoms with van der Waals surface area (Å²) < 4.78 is 10.4. The summed E-state index contributed by atoms with van der Waals surface area (Å²) in [5.41, 5.74) is 0.726. The highest BCUT2D eigenvalue weighted by Crippen LogP contribution is 2.23. The predicted molar refractivity (Wildman–Crippen MR) is 69.4 cm³/mol. The zero-order valence-electron chi connectivity index (χ0n) is 10.2. The molecular weight excluding hydrogens is 268 g/mol. The molecule has 19 heavy (non-hydrogen) atoms. The van der Waals surface area contributed by atoms with E-state index in [0.717, 1.165) is 0 Å². The van der Waals surface area contributed by atoms with E-state index in [4.69, 9.17) is 13.9 Å². The van der Waals surface area contributed by atoms with Gasteiger partial charge < -0.3 is 13.9 Å². The van der Waals surface area contributed by atoms with Crippen LogP contribution in [0.25, 0.3) is 0 Å². The molecule has 100 valence electrons. The lowest BCUT2D eigenvalue weighted by atomic mass is 10.2. The van der Waals surface area contributed by atoms with Crippen LogP contribution in [0.2, 0.25) is 0 Å². The first kappa shape index (κ1) is 13.5. The molecule has 0 unspecified atom stereocenters. The molecule has 2 aromatic heterocycles. The minimum atomic E-state index is -1.01. The van der Waals surface area contributed by atoms with Crippen LogP contribution in [-0.4, -0.2) is 16.9 Å². The van der Waals surface area contributed by atoms with Crippen molar-refractivity contribution in [3.63, 3.8) is 0 Å². The van der Waals surface area contributed by atoms with Gasteiger partial charge >= 0.3 is 5.97 Å². The van der Waals surface area contributed by atoms with Crippen LogP contribution in [0.1, 0.15) is 39.2 Å². The van der Waals surface area contributed by atoms with E-state index in [1.165, 1.54) is 37.3 Å².